The molecule has 0 aromatic heterocycles. The minimum absolute atomic E-state index is 0.179. The fourth-order valence-corrected chi connectivity index (χ4v) is 5.09. The zero-order chi connectivity index (χ0) is 26.0. The highest BCUT2D eigenvalue weighted by molar-refractivity contribution is 6.63. The number of hydrogen-bond donors (Lipinski definition) is 2. The molecule has 2 heterocycles. The van der Waals surface area contributed by atoms with Crippen LogP contribution >= 0.6 is 0 Å². The average molecular weight is 492 g/mol. The minimum Gasteiger partial charge on any atom is -0.508 e. The van der Waals surface area contributed by atoms with E-state index in [9.17, 15) is 10.2 Å². The quantitative estimate of drug-likeness (QED) is 0.349. The smallest absolute Gasteiger partial charge is 0.495 e. The molecule has 186 valence electrons. The number of fused-ring (bicyclic) bond motifs is 3. The Hall–Kier alpha value is -3.74. The molecule has 1 saturated heterocycles. The number of phenolic OH excluding ortho intramolecular Hbond substituents is 2. The summed E-state index contributed by atoms with van der Waals surface area (Å²) in [6.07, 6.45) is 4.10. The van der Waals surface area contributed by atoms with Crippen LogP contribution in [0.2, 0.25) is 0 Å². The molecule has 4 aromatic rings. The van der Waals surface area contributed by atoms with Crippen LogP contribution in [-0.2, 0) is 14.9 Å². The van der Waals surface area contributed by atoms with Gasteiger partial charge in [0, 0.05) is 22.1 Å². The third-order valence-corrected chi connectivity index (χ3v) is 7.92. The van der Waals surface area contributed by atoms with Crippen LogP contribution in [0.5, 0.6) is 17.2 Å². The van der Waals surface area contributed by atoms with E-state index >= 15 is 0 Å². The molecule has 2 N–H and O–H groups in total. The van der Waals surface area contributed by atoms with E-state index in [1.54, 1.807) is 24.3 Å². The number of benzene rings is 4. The Morgan fingerprint density at radius 2 is 1.24 bits per heavy atom. The molecule has 6 heteroatoms. The van der Waals surface area contributed by atoms with Crippen molar-refractivity contribution in [2.45, 2.75) is 44.5 Å². The molecule has 2 aliphatic heterocycles. The summed E-state index contributed by atoms with van der Waals surface area (Å²) in [6.45, 7) is 8.20. The first-order valence-electron chi connectivity index (χ1n) is 12.5. The standard InChI is InChI=1S/C31H29BO5/c1-29(2)30(3,4)37-32(36-29)27-19-20-7-5-6-8-25(20)28-26(27)17-18-31(35-28,21-9-13-23(33)14-10-21)22-11-15-24(34)16-12-22/h5-19,33-34H,1-4H3. The number of phenols is 2. The van der Waals surface area contributed by atoms with Gasteiger partial charge in [0.15, 0.2) is 5.60 Å². The molecule has 0 atom stereocenters. The van der Waals surface area contributed by atoms with Gasteiger partial charge in [-0.3, -0.25) is 0 Å². The molecular weight excluding hydrogens is 463 g/mol. The van der Waals surface area contributed by atoms with Crippen molar-refractivity contribution in [3.63, 3.8) is 0 Å². The summed E-state index contributed by atoms with van der Waals surface area (Å²) < 4.78 is 19.9. The van der Waals surface area contributed by atoms with Crippen molar-refractivity contribution in [3.05, 3.63) is 102 Å². The summed E-state index contributed by atoms with van der Waals surface area (Å²) in [5, 5.41) is 21.9. The van der Waals surface area contributed by atoms with E-state index < -0.39 is 23.9 Å². The lowest BCUT2D eigenvalue weighted by Gasteiger charge is -2.37. The second-order valence-corrected chi connectivity index (χ2v) is 10.8. The van der Waals surface area contributed by atoms with Gasteiger partial charge >= 0.3 is 7.12 Å². The average Bonchev–Trinajstić information content (AvgIpc) is 3.10. The van der Waals surface area contributed by atoms with Crippen LogP contribution in [0.15, 0.2) is 84.9 Å². The summed E-state index contributed by atoms with van der Waals surface area (Å²) >= 11 is 0. The SMILES string of the molecule is CC1(C)OB(c2cc3ccccc3c3c2C=CC(c2ccc(O)cc2)(c2ccc(O)cc2)O3)OC1(C)C. The molecule has 1 fully saturated rings. The van der Waals surface area contributed by atoms with Gasteiger partial charge in [0.25, 0.3) is 0 Å². The van der Waals surface area contributed by atoms with E-state index in [1.807, 2.05) is 70.2 Å². The second kappa shape index (κ2) is 8.14. The van der Waals surface area contributed by atoms with Crippen molar-refractivity contribution in [1.29, 1.82) is 0 Å². The zero-order valence-electron chi connectivity index (χ0n) is 21.4. The largest absolute Gasteiger partial charge is 0.508 e. The van der Waals surface area contributed by atoms with Gasteiger partial charge in [-0.15, -0.1) is 0 Å². The van der Waals surface area contributed by atoms with Crippen LogP contribution in [0.3, 0.4) is 0 Å². The lowest BCUT2D eigenvalue weighted by Crippen LogP contribution is -2.41. The fraction of sp³-hybridized carbons (Fsp3) is 0.226. The molecule has 6 rings (SSSR count). The second-order valence-electron chi connectivity index (χ2n) is 10.8. The molecule has 5 nitrogen and oxygen atoms in total. The van der Waals surface area contributed by atoms with Gasteiger partial charge in [0.1, 0.15) is 17.2 Å². The number of ether oxygens (including phenoxy) is 1. The molecule has 37 heavy (non-hydrogen) atoms. The molecule has 0 spiro atoms. The molecule has 2 aliphatic rings. The molecular formula is C31H29BO5. The van der Waals surface area contributed by atoms with E-state index in [0.29, 0.717) is 0 Å². The van der Waals surface area contributed by atoms with Crippen molar-refractivity contribution in [1.82, 2.24) is 0 Å². The van der Waals surface area contributed by atoms with Gasteiger partial charge < -0.3 is 24.3 Å². The Bertz CT molecular complexity index is 1460. The fourth-order valence-electron chi connectivity index (χ4n) is 5.09. The minimum atomic E-state index is -0.980. The van der Waals surface area contributed by atoms with Gasteiger partial charge in [-0.2, -0.15) is 0 Å². The van der Waals surface area contributed by atoms with Crippen molar-refractivity contribution < 1.29 is 24.3 Å². The third kappa shape index (κ3) is 3.71. The van der Waals surface area contributed by atoms with Gasteiger partial charge in [0.2, 0.25) is 0 Å². The summed E-state index contributed by atoms with van der Waals surface area (Å²) in [4.78, 5) is 0. The van der Waals surface area contributed by atoms with Crippen LogP contribution < -0.4 is 10.2 Å². The highest BCUT2D eigenvalue weighted by Gasteiger charge is 2.53. The van der Waals surface area contributed by atoms with E-state index in [0.717, 1.165) is 38.7 Å². The van der Waals surface area contributed by atoms with Crippen LogP contribution in [0, 0.1) is 0 Å². The first-order chi connectivity index (χ1) is 17.6. The van der Waals surface area contributed by atoms with Crippen molar-refractivity contribution in [2.24, 2.45) is 0 Å². The molecule has 0 bridgehead atoms. The summed E-state index contributed by atoms with van der Waals surface area (Å²) in [5.74, 6) is 1.09. The van der Waals surface area contributed by atoms with E-state index in [2.05, 4.69) is 24.3 Å². The third-order valence-electron chi connectivity index (χ3n) is 7.92. The van der Waals surface area contributed by atoms with Crippen LogP contribution in [-0.4, -0.2) is 28.5 Å². The number of hydrogen-bond acceptors (Lipinski definition) is 5. The number of aromatic hydroxyl groups is 2. The number of rotatable bonds is 3. The summed E-state index contributed by atoms with van der Waals surface area (Å²) in [6, 6.07) is 24.3. The van der Waals surface area contributed by atoms with Crippen LogP contribution in [0.1, 0.15) is 44.4 Å². The maximum absolute atomic E-state index is 9.97. The monoisotopic (exact) mass is 492 g/mol. The Labute approximate surface area is 217 Å². The molecule has 0 saturated carbocycles. The molecule has 0 aliphatic carbocycles. The first-order valence-corrected chi connectivity index (χ1v) is 12.5. The summed E-state index contributed by atoms with van der Waals surface area (Å²) in [5.41, 5.74) is 1.59. The van der Waals surface area contributed by atoms with Crippen LogP contribution in [0.25, 0.3) is 16.8 Å². The van der Waals surface area contributed by atoms with E-state index in [-0.39, 0.29) is 11.5 Å². The van der Waals surface area contributed by atoms with Gasteiger partial charge in [-0.1, -0.05) is 60.7 Å². The highest BCUT2D eigenvalue weighted by atomic mass is 16.7. The van der Waals surface area contributed by atoms with Gasteiger partial charge in [-0.25, -0.2) is 0 Å². The zero-order valence-corrected chi connectivity index (χ0v) is 21.4. The summed E-state index contributed by atoms with van der Waals surface area (Å²) in [7, 11) is -0.550. The maximum atomic E-state index is 9.97. The van der Waals surface area contributed by atoms with Crippen molar-refractivity contribution in [2.75, 3.05) is 0 Å². The van der Waals surface area contributed by atoms with Crippen molar-refractivity contribution in [3.8, 4) is 17.2 Å². The Morgan fingerprint density at radius 1 is 0.703 bits per heavy atom. The Kier molecular flexibility index (Phi) is 5.20. The van der Waals surface area contributed by atoms with Crippen LogP contribution in [0.4, 0.5) is 0 Å². The maximum Gasteiger partial charge on any atom is 0.495 e. The van der Waals surface area contributed by atoms with Gasteiger partial charge in [-0.05, 0) is 68.9 Å². The lowest BCUT2D eigenvalue weighted by atomic mass is 9.73. The predicted molar refractivity (Wildman–Crippen MR) is 146 cm³/mol. The molecule has 4 aromatic carbocycles. The topological polar surface area (TPSA) is 68.2 Å². The van der Waals surface area contributed by atoms with E-state index in [4.69, 9.17) is 14.0 Å². The van der Waals surface area contributed by atoms with Gasteiger partial charge in [0.05, 0.1) is 11.2 Å². The molecule has 0 unspecified atom stereocenters. The Balaban J connectivity index is 1.58. The highest BCUT2D eigenvalue weighted by Crippen LogP contribution is 2.46. The molecule has 0 radical (unpaired) electrons. The van der Waals surface area contributed by atoms with E-state index in [1.165, 1.54) is 0 Å². The van der Waals surface area contributed by atoms with Crippen molar-refractivity contribution >= 4 is 29.4 Å². The molecule has 0 amide bonds. The Morgan fingerprint density at radius 3 is 1.81 bits per heavy atom. The lowest BCUT2D eigenvalue weighted by molar-refractivity contribution is 0.00578. The normalized spacial score (nSPS) is 19.0. The first kappa shape index (κ1) is 23.7. The predicted octanol–water partition coefficient (Wildman–Crippen LogP) is 5.90.